The molecule has 94 valence electrons. The minimum absolute atomic E-state index is 0.0126. The van der Waals surface area contributed by atoms with Crippen LogP contribution in [0.2, 0.25) is 0 Å². The Hall–Kier alpha value is -1.51. The van der Waals surface area contributed by atoms with E-state index in [9.17, 15) is 4.79 Å². The quantitative estimate of drug-likeness (QED) is 0.851. The van der Waals surface area contributed by atoms with Gasteiger partial charge < -0.3 is 10.1 Å². The highest BCUT2D eigenvalue weighted by molar-refractivity contribution is 5.73. The zero-order valence-corrected chi connectivity index (χ0v) is 11.0. The lowest BCUT2D eigenvalue weighted by atomic mass is 9.96. The van der Waals surface area contributed by atoms with Crippen molar-refractivity contribution < 1.29 is 9.53 Å². The van der Waals surface area contributed by atoms with Crippen LogP contribution in [0.25, 0.3) is 0 Å². The van der Waals surface area contributed by atoms with E-state index in [1.54, 1.807) is 14.0 Å². The van der Waals surface area contributed by atoms with Gasteiger partial charge in [0.15, 0.2) is 0 Å². The third-order valence-corrected chi connectivity index (χ3v) is 2.83. The Labute approximate surface area is 103 Å². The number of nitrogens with one attached hydrogen (secondary N) is 1. The number of methoxy groups -OCH3 is 1. The van der Waals surface area contributed by atoms with Crippen molar-refractivity contribution in [2.24, 2.45) is 5.92 Å². The smallest absolute Gasteiger partial charge is 0.217 e. The van der Waals surface area contributed by atoms with E-state index in [2.05, 4.69) is 19.2 Å². The zero-order chi connectivity index (χ0) is 12.8. The summed E-state index contributed by atoms with van der Waals surface area (Å²) in [7, 11) is 1.67. The molecule has 1 aromatic rings. The molecule has 0 aliphatic rings. The topological polar surface area (TPSA) is 38.3 Å². The summed E-state index contributed by atoms with van der Waals surface area (Å²) in [4.78, 5) is 11.2. The van der Waals surface area contributed by atoms with Crippen molar-refractivity contribution in [2.45, 2.75) is 33.2 Å². The standard InChI is InChI=1S/C14H21NO2/c1-10(2)13(15-11(3)16)9-12-7-5-6-8-14(12)17-4/h5-8,10,13H,9H2,1-4H3,(H,15,16). The summed E-state index contributed by atoms with van der Waals surface area (Å²) in [6.07, 6.45) is 0.793. The summed E-state index contributed by atoms with van der Waals surface area (Å²) in [6, 6.07) is 8.06. The van der Waals surface area contributed by atoms with Crippen molar-refractivity contribution in [2.75, 3.05) is 7.11 Å². The minimum atomic E-state index is 0.0126. The lowest BCUT2D eigenvalue weighted by Crippen LogP contribution is -2.38. The van der Waals surface area contributed by atoms with E-state index in [1.807, 2.05) is 24.3 Å². The van der Waals surface area contributed by atoms with Gasteiger partial charge in [-0.1, -0.05) is 32.0 Å². The Kier molecular flexibility index (Phi) is 5.01. The second-order valence-electron chi connectivity index (χ2n) is 4.57. The average Bonchev–Trinajstić information content (AvgIpc) is 2.28. The van der Waals surface area contributed by atoms with Gasteiger partial charge in [-0.05, 0) is 24.0 Å². The van der Waals surface area contributed by atoms with Crippen LogP contribution in [0.15, 0.2) is 24.3 Å². The van der Waals surface area contributed by atoms with Crippen LogP contribution in [0.3, 0.4) is 0 Å². The number of para-hydroxylation sites is 1. The molecule has 0 saturated carbocycles. The lowest BCUT2D eigenvalue weighted by molar-refractivity contribution is -0.119. The highest BCUT2D eigenvalue weighted by Crippen LogP contribution is 2.20. The molecule has 0 aliphatic heterocycles. The van der Waals surface area contributed by atoms with Gasteiger partial charge in [0.1, 0.15) is 5.75 Å². The van der Waals surface area contributed by atoms with Gasteiger partial charge in [-0.2, -0.15) is 0 Å². The molecular formula is C14H21NO2. The third-order valence-electron chi connectivity index (χ3n) is 2.83. The predicted molar refractivity (Wildman–Crippen MR) is 69.1 cm³/mol. The van der Waals surface area contributed by atoms with Crippen molar-refractivity contribution in [3.05, 3.63) is 29.8 Å². The van der Waals surface area contributed by atoms with Gasteiger partial charge in [-0.15, -0.1) is 0 Å². The number of carbonyl (C=O) groups excluding carboxylic acids is 1. The zero-order valence-electron chi connectivity index (χ0n) is 11.0. The van der Waals surface area contributed by atoms with E-state index < -0.39 is 0 Å². The van der Waals surface area contributed by atoms with Gasteiger partial charge >= 0.3 is 0 Å². The van der Waals surface area contributed by atoms with Crippen LogP contribution in [0.4, 0.5) is 0 Å². The number of benzene rings is 1. The maximum atomic E-state index is 11.2. The van der Waals surface area contributed by atoms with Gasteiger partial charge in [-0.3, -0.25) is 4.79 Å². The summed E-state index contributed by atoms with van der Waals surface area (Å²) < 4.78 is 5.32. The molecule has 1 rings (SSSR count). The Balaban J connectivity index is 2.81. The average molecular weight is 235 g/mol. The molecule has 3 heteroatoms. The Bertz CT molecular complexity index is 374. The lowest BCUT2D eigenvalue weighted by Gasteiger charge is -2.22. The van der Waals surface area contributed by atoms with E-state index in [0.717, 1.165) is 17.7 Å². The van der Waals surface area contributed by atoms with Crippen LogP contribution >= 0.6 is 0 Å². The molecule has 1 atom stereocenters. The van der Waals surface area contributed by atoms with Crippen LogP contribution in [-0.4, -0.2) is 19.1 Å². The summed E-state index contributed by atoms with van der Waals surface area (Å²) in [5, 5.41) is 2.98. The monoisotopic (exact) mass is 235 g/mol. The van der Waals surface area contributed by atoms with Crippen LogP contribution in [0, 0.1) is 5.92 Å². The summed E-state index contributed by atoms with van der Waals surface area (Å²) in [5.74, 6) is 1.28. The van der Waals surface area contributed by atoms with Crippen LogP contribution in [-0.2, 0) is 11.2 Å². The molecule has 3 nitrogen and oxygen atoms in total. The van der Waals surface area contributed by atoms with Crippen molar-refractivity contribution in [3.8, 4) is 5.75 Å². The van der Waals surface area contributed by atoms with E-state index in [1.165, 1.54) is 0 Å². The van der Waals surface area contributed by atoms with Crippen molar-refractivity contribution >= 4 is 5.91 Å². The summed E-state index contributed by atoms with van der Waals surface area (Å²) >= 11 is 0. The largest absolute Gasteiger partial charge is 0.496 e. The Morgan fingerprint density at radius 3 is 2.53 bits per heavy atom. The van der Waals surface area contributed by atoms with E-state index in [0.29, 0.717) is 5.92 Å². The first-order valence-corrected chi connectivity index (χ1v) is 5.93. The molecule has 1 N–H and O–H groups in total. The van der Waals surface area contributed by atoms with Crippen molar-refractivity contribution in [1.82, 2.24) is 5.32 Å². The summed E-state index contributed by atoms with van der Waals surface area (Å²) in [6.45, 7) is 5.77. The van der Waals surface area contributed by atoms with Crippen LogP contribution in [0.1, 0.15) is 26.3 Å². The first-order chi connectivity index (χ1) is 8.04. The summed E-state index contributed by atoms with van der Waals surface area (Å²) in [5.41, 5.74) is 1.13. The number of ether oxygens (including phenoxy) is 1. The molecule has 17 heavy (non-hydrogen) atoms. The van der Waals surface area contributed by atoms with Crippen LogP contribution in [0.5, 0.6) is 5.75 Å². The molecule has 1 unspecified atom stereocenters. The first kappa shape index (κ1) is 13.6. The van der Waals surface area contributed by atoms with Crippen molar-refractivity contribution in [1.29, 1.82) is 0 Å². The van der Waals surface area contributed by atoms with E-state index >= 15 is 0 Å². The van der Waals surface area contributed by atoms with E-state index in [4.69, 9.17) is 4.74 Å². The molecule has 0 bridgehead atoms. The number of hydrogen-bond acceptors (Lipinski definition) is 2. The Morgan fingerprint density at radius 2 is 2.00 bits per heavy atom. The third kappa shape index (κ3) is 4.10. The molecule has 1 aromatic carbocycles. The fourth-order valence-electron chi connectivity index (χ4n) is 1.82. The van der Waals surface area contributed by atoms with E-state index in [-0.39, 0.29) is 11.9 Å². The predicted octanol–water partition coefficient (Wildman–Crippen LogP) is 2.40. The number of amides is 1. The van der Waals surface area contributed by atoms with Gasteiger partial charge in [0.25, 0.3) is 0 Å². The first-order valence-electron chi connectivity index (χ1n) is 5.93. The molecule has 0 spiro atoms. The number of carbonyl (C=O) groups is 1. The maximum absolute atomic E-state index is 11.2. The molecule has 0 radical (unpaired) electrons. The molecular weight excluding hydrogens is 214 g/mol. The molecule has 0 saturated heterocycles. The fourth-order valence-corrected chi connectivity index (χ4v) is 1.82. The molecule has 0 fully saturated rings. The second-order valence-corrected chi connectivity index (χ2v) is 4.57. The van der Waals surface area contributed by atoms with Crippen molar-refractivity contribution in [3.63, 3.8) is 0 Å². The highest BCUT2D eigenvalue weighted by atomic mass is 16.5. The second kappa shape index (κ2) is 6.28. The van der Waals surface area contributed by atoms with Gasteiger partial charge in [0.05, 0.1) is 7.11 Å². The van der Waals surface area contributed by atoms with Gasteiger partial charge in [-0.25, -0.2) is 0 Å². The Morgan fingerprint density at radius 1 is 1.35 bits per heavy atom. The number of rotatable bonds is 5. The maximum Gasteiger partial charge on any atom is 0.217 e. The minimum Gasteiger partial charge on any atom is -0.496 e. The normalized spacial score (nSPS) is 12.3. The molecule has 0 heterocycles. The molecule has 1 amide bonds. The van der Waals surface area contributed by atoms with Gasteiger partial charge in [0, 0.05) is 13.0 Å². The SMILES string of the molecule is COc1ccccc1CC(NC(C)=O)C(C)C. The van der Waals surface area contributed by atoms with Gasteiger partial charge in [0.2, 0.25) is 5.91 Å². The molecule has 0 aliphatic carbocycles. The fraction of sp³-hybridized carbons (Fsp3) is 0.500. The molecule has 0 aromatic heterocycles. The highest BCUT2D eigenvalue weighted by Gasteiger charge is 2.16. The number of hydrogen-bond donors (Lipinski definition) is 1. The van der Waals surface area contributed by atoms with Crippen LogP contribution < -0.4 is 10.1 Å².